The summed E-state index contributed by atoms with van der Waals surface area (Å²) in [6.45, 7) is 1.96. The summed E-state index contributed by atoms with van der Waals surface area (Å²) in [5.74, 6) is -1.54. The number of methoxy groups -OCH3 is 2. The molecule has 0 spiro atoms. The summed E-state index contributed by atoms with van der Waals surface area (Å²) in [6.07, 6.45) is 0. The van der Waals surface area contributed by atoms with E-state index in [0.29, 0.717) is 28.3 Å². The lowest BCUT2D eigenvalue weighted by Crippen LogP contribution is -2.45. The Morgan fingerprint density at radius 2 is 0.917 bits per heavy atom. The molecule has 3 aliphatic rings. The van der Waals surface area contributed by atoms with E-state index in [1.807, 2.05) is 140 Å². The van der Waals surface area contributed by atoms with Crippen molar-refractivity contribution in [1.82, 2.24) is 0 Å². The van der Waals surface area contributed by atoms with Crippen LogP contribution in [0.1, 0.15) is 27.8 Å². The van der Waals surface area contributed by atoms with E-state index in [0.717, 1.165) is 27.8 Å². The van der Waals surface area contributed by atoms with E-state index < -0.39 is 22.7 Å². The first-order chi connectivity index (χ1) is 23.4. The van der Waals surface area contributed by atoms with Crippen LogP contribution in [0.4, 0.5) is 5.69 Å². The van der Waals surface area contributed by atoms with Crippen LogP contribution in [0.2, 0.25) is 0 Å². The van der Waals surface area contributed by atoms with Crippen molar-refractivity contribution in [3.8, 4) is 11.5 Å². The van der Waals surface area contributed by atoms with Gasteiger partial charge in [-0.15, -0.1) is 0 Å². The first-order valence-corrected chi connectivity index (χ1v) is 16.0. The van der Waals surface area contributed by atoms with Gasteiger partial charge in [-0.05, 0) is 76.7 Å². The van der Waals surface area contributed by atoms with Gasteiger partial charge in [-0.1, -0.05) is 103 Å². The number of aryl methyl sites for hydroxylation is 1. The molecule has 0 radical (unpaired) electrons. The van der Waals surface area contributed by atoms with E-state index in [-0.39, 0.29) is 17.6 Å². The maximum absolute atomic E-state index is 16.0. The zero-order valence-corrected chi connectivity index (χ0v) is 26.8. The zero-order valence-electron chi connectivity index (χ0n) is 26.8. The predicted octanol–water partition coefficient (Wildman–Crippen LogP) is 7.20. The van der Waals surface area contributed by atoms with Crippen LogP contribution >= 0.6 is 0 Å². The van der Waals surface area contributed by atoms with Crippen LogP contribution in [-0.2, 0) is 25.2 Å². The molecule has 2 aliphatic carbocycles. The number of anilines is 1. The highest BCUT2D eigenvalue weighted by molar-refractivity contribution is 6.39. The number of hydrogen-bond donors (Lipinski definition) is 0. The standard InChI is InChI=1S/C42H33NO5/c1-26-14-20-31(21-15-26)43-38(44)36-37(39(43)45)42(30-12-8-5-9-13-30)35(28-18-24-33(48-3)25-19-28)34(27-16-22-32(47-2)23-17-27)41(36,40(42)46)29-10-6-4-7-11-29/h4-25,36-37H,1-3H3/t36-,37+,41-,42-/m1/s1. The van der Waals surface area contributed by atoms with E-state index in [4.69, 9.17) is 9.47 Å². The lowest BCUT2D eigenvalue weighted by Gasteiger charge is -2.39. The van der Waals surface area contributed by atoms with Gasteiger partial charge in [-0.3, -0.25) is 14.4 Å². The largest absolute Gasteiger partial charge is 0.497 e. The van der Waals surface area contributed by atoms with Crippen LogP contribution in [0.25, 0.3) is 11.1 Å². The molecule has 5 aromatic carbocycles. The molecule has 0 N–H and O–H groups in total. The number of carbonyl (C=O) groups excluding carboxylic acids is 3. The Kier molecular flexibility index (Phi) is 6.74. The van der Waals surface area contributed by atoms with Gasteiger partial charge in [0.05, 0.1) is 42.6 Å². The van der Waals surface area contributed by atoms with Gasteiger partial charge in [0.2, 0.25) is 11.8 Å². The number of benzene rings is 5. The molecule has 1 heterocycles. The summed E-state index contributed by atoms with van der Waals surface area (Å²) in [4.78, 5) is 47.5. The van der Waals surface area contributed by atoms with Crippen LogP contribution in [0.15, 0.2) is 133 Å². The first kappa shape index (κ1) is 29.6. The van der Waals surface area contributed by atoms with Crippen molar-refractivity contribution in [2.45, 2.75) is 17.8 Å². The molecule has 1 saturated heterocycles. The number of rotatable bonds is 7. The zero-order chi connectivity index (χ0) is 33.2. The minimum absolute atomic E-state index is 0.163. The third kappa shape index (κ3) is 3.77. The SMILES string of the molecule is COc1ccc(C2=C(c3ccc(OC)cc3)[C@@]3(c4ccccc4)C(=O)[C@@]2(c2ccccc2)[C@@H]2C(=O)N(c4ccc(C)cc4)C(=O)[C@@H]23)cc1. The Balaban J connectivity index is 1.54. The quantitative estimate of drug-likeness (QED) is 0.178. The van der Waals surface area contributed by atoms with Crippen molar-refractivity contribution in [1.29, 1.82) is 0 Å². The Morgan fingerprint density at radius 1 is 0.521 bits per heavy atom. The van der Waals surface area contributed by atoms with Crippen molar-refractivity contribution in [3.63, 3.8) is 0 Å². The number of fused-ring (bicyclic) bond motifs is 5. The topological polar surface area (TPSA) is 72.9 Å². The number of ketones is 1. The molecule has 48 heavy (non-hydrogen) atoms. The van der Waals surface area contributed by atoms with Gasteiger partial charge >= 0.3 is 0 Å². The summed E-state index contributed by atoms with van der Waals surface area (Å²) in [7, 11) is 3.22. The van der Waals surface area contributed by atoms with E-state index in [1.54, 1.807) is 14.2 Å². The van der Waals surface area contributed by atoms with Crippen molar-refractivity contribution in [2.24, 2.45) is 11.8 Å². The molecule has 2 bridgehead atoms. The highest BCUT2D eigenvalue weighted by Crippen LogP contribution is 2.74. The molecule has 8 rings (SSSR count). The summed E-state index contributed by atoms with van der Waals surface area (Å²) >= 11 is 0. The number of allylic oxidation sites excluding steroid dienone is 2. The molecule has 2 fully saturated rings. The number of nitrogens with zero attached hydrogens (tertiary/aromatic N) is 1. The van der Waals surface area contributed by atoms with Crippen molar-refractivity contribution < 1.29 is 23.9 Å². The van der Waals surface area contributed by atoms with E-state index in [9.17, 15) is 0 Å². The average molecular weight is 632 g/mol. The molecule has 0 aromatic heterocycles. The van der Waals surface area contributed by atoms with Gasteiger partial charge in [0.25, 0.3) is 0 Å². The second-order valence-corrected chi connectivity index (χ2v) is 12.7. The molecule has 4 atom stereocenters. The van der Waals surface area contributed by atoms with Crippen LogP contribution in [-0.4, -0.2) is 31.8 Å². The number of hydrogen-bond acceptors (Lipinski definition) is 5. The maximum atomic E-state index is 16.0. The van der Waals surface area contributed by atoms with Gasteiger partial charge < -0.3 is 9.47 Å². The van der Waals surface area contributed by atoms with Crippen LogP contribution in [0, 0.1) is 18.8 Å². The molecule has 1 saturated carbocycles. The number of ether oxygens (including phenoxy) is 2. The van der Waals surface area contributed by atoms with E-state index in [1.165, 1.54) is 4.90 Å². The fourth-order valence-electron chi connectivity index (χ4n) is 8.59. The second kappa shape index (κ2) is 10.9. The van der Waals surface area contributed by atoms with Crippen molar-refractivity contribution in [2.75, 3.05) is 19.1 Å². The number of carbonyl (C=O) groups is 3. The number of imide groups is 1. The molecular formula is C42H33NO5. The third-order valence-corrected chi connectivity index (χ3v) is 10.5. The monoisotopic (exact) mass is 631 g/mol. The molecule has 6 nitrogen and oxygen atoms in total. The summed E-state index contributed by atoms with van der Waals surface area (Å²) in [5.41, 5.74) is 2.95. The fourth-order valence-corrected chi connectivity index (χ4v) is 8.59. The summed E-state index contributed by atoms with van der Waals surface area (Å²) in [5, 5.41) is 0. The molecule has 5 aromatic rings. The Bertz CT molecular complexity index is 1970. The second-order valence-electron chi connectivity index (χ2n) is 12.7. The van der Waals surface area contributed by atoms with Crippen LogP contribution in [0.5, 0.6) is 11.5 Å². The molecule has 236 valence electrons. The molecule has 6 heteroatoms. The molecule has 1 aliphatic heterocycles. The van der Waals surface area contributed by atoms with E-state index in [2.05, 4.69) is 0 Å². The predicted molar refractivity (Wildman–Crippen MR) is 185 cm³/mol. The third-order valence-electron chi connectivity index (χ3n) is 10.5. The van der Waals surface area contributed by atoms with Crippen molar-refractivity contribution >= 4 is 34.4 Å². The van der Waals surface area contributed by atoms with Gasteiger partial charge in [-0.2, -0.15) is 0 Å². The molecule has 2 amide bonds. The molecular weight excluding hydrogens is 598 g/mol. The highest BCUT2D eigenvalue weighted by atomic mass is 16.5. The average Bonchev–Trinajstić information content (AvgIpc) is 3.65. The number of Topliss-reactive ketones (excluding diaryl/α,β-unsaturated/α-hetero) is 1. The van der Waals surface area contributed by atoms with E-state index >= 15 is 14.4 Å². The lowest BCUT2D eigenvalue weighted by molar-refractivity contribution is -0.130. The Hall–Kier alpha value is -5.75. The minimum atomic E-state index is -1.47. The normalized spacial score (nSPS) is 24.3. The lowest BCUT2D eigenvalue weighted by atomic mass is 9.59. The smallest absolute Gasteiger partial charge is 0.239 e. The van der Waals surface area contributed by atoms with Gasteiger partial charge in [0.15, 0.2) is 5.78 Å². The van der Waals surface area contributed by atoms with Crippen LogP contribution < -0.4 is 14.4 Å². The van der Waals surface area contributed by atoms with Crippen molar-refractivity contribution in [3.05, 3.63) is 161 Å². The van der Waals surface area contributed by atoms with Gasteiger partial charge in [0.1, 0.15) is 11.5 Å². The maximum Gasteiger partial charge on any atom is 0.239 e. The Morgan fingerprint density at radius 3 is 1.29 bits per heavy atom. The van der Waals surface area contributed by atoms with Crippen LogP contribution in [0.3, 0.4) is 0 Å². The molecule has 0 unspecified atom stereocenters. The van der Waals surface area contributed by atoms with Gasteiger partial charge in [-0.25, -0.2) is 4.90 Å². The van der Waals surface area contributed by atoms with Gasteiger partial charge in [0, 0.05) is 0 Å². The summed E-state index contributed by atoms with van der Waals surface area (Å²) in [6, 6.07) is 41.7. The minimum Gasteiger partial charge on any atom is -0.497 e. The fraction of sp³-hybridized carbons (Fsp3) is 0.167. The number of amides is 2. The summed E-state index contributed by atoms with van der Waals surface area (Å²) < 4.78 is 11.0. The Labute approximate surface area is 279 Å². The first-order valence-electron chi connectivity index (χ1n) is 16.0. The highest BCUT2D eigenvalue weighted by Gasteiger charge is 2.82.